The molecule has 2 aromatic rings. The van der Waals surface area contributed by atoms with Crippen LogP contribution in [0.15, 0.2) is 60.7 Å². The zero-order chi connectivity index (χ0) is 24.3. The fraction of sp³-hybridized carbons (Fsp3) is 0.444. The molecule has 0 radical (unpaired) electrons. The molecular formula is C27H36O6. The third-order valence-corrected chi connectivity index (χ3v) is 5.28. The van der Waals surface area contributed by atoms with Gasteiger partial charge in [-0.3, -0.25) is 0 Å². The smallest absolute Gasteiger partial charge is 0.333 e. The summed E-state index contributed by atoms with van der Waals surface area (Å²) in [4.78, 5) is 11.2. The lowest BCUT2D eigenvalue weighted by Crippen LogP contribution is -2.24. The first-order valence-corrected chi connectivity index (χ1v) is 11.2. The average molecular weight is 457 g/mol. The summed E-state index contributed by atoms with van der Waals surface area (Å²) in [5.74, 6) is 0.271. The van der Waals surface area contributed by atoms with Gasteiger partial charge in [0.1, 0.15) is 25.1 Å². The van der Waals surface area contributed by atoms with E-state index < -0.39 is 12.1 Å². The average Bonchev–Trinajstić information content (AvgIpc) is 2.79. The Morgan fingerprint density at radius 3 is 2.06 bits per heavy atom. The van der Waals surface area contributed by atoms with Crippen molar-refractivity contribution in [1.29, 1.82) is 0 Å². The van der Waals surface area contributed by atoms with Gasteiger partial charge >= 0.3 is 5.97 Å². The minimum atomic E-state index is -0.745. The Hall–Kier alpha value is -2.67. The predicted octanol–water partition coefficient (Wildman–Crippen LogP) is 4.21. The van der Waals surface area contributed by atoms with Gasteiger partial charge in [-0.1, -0.05) is 62.4 Å². The van der Waals surface area contributed by atoms with Gasteiger partial charge in [0.15, 0.2) is 0 Å². The van der Waals surface area contributed by atoms with Crippen molar-refractivity contribution < 1.29 is 28.8 Å². The van der Waals surface area contributed by atoms with Crippen LogP contribution in [0.2, 0.25) is 0 Å². The van der Waals surface area contributed by atoms with Crippen LogP contribution in [0.1, 0.15) is 37.5 Å². The van der Waals surface area contributed by atoms with Crippen LogP contribution in [0.5, 0.6) is 5.75 Å². The number of aliphatic hydroxyl groups excluding tert-OH is 1. The Balaban J connectivity index is 1.64. The van der Waals surface area contributed by atoms with Crippen LogP contribution in [0.25, 0.3) is 0 Å². The number of carbonyl (C=O) groups excluding carboxylic acids is 1. The Morgan fingerprint density at radius 1 is 0.909 bits per heavy atom. The first kappa shape index (κ1) is 26.6. The standard InChI is InChI=1S/C27H36O6/c1-20(2)26(29)32-17-16-30-14-15-31-18-24(28)19-33-25-12-10-23(11-13-25)27(4,5)22-8-6-21(3)7-9-22/h6-13,24,28H,1,14-19H2,2-5H3. The molecule has 6 heteroatoms. The van der Waals surface area contributed by atoms with E-state index in [4.69, 9.17) is 18.9 Å². The van der Waals surface area contributed by atoms with Crippen molar-refractivity contribution >= 4 is 5.97 Å². The molecule has 0 aromatic heterocycles. The Kier molecular flexibility index (Phi) is 10.6. The molecule has 1 N–H and O–H groups in total. The number of aliphatic hydroxyl groups is 1. The summed E-state index contributed by atoms with van der Waals surface area (Å²) in [5, 5.41) is 10.1. The lowest BCUT2D eigenvalue weighted by molar-refractivity contribution is -0.140. The first-order valence-electron chi connectivity index (χ1n) is 11.2. The largest absolute Gasteiger partial charge is 0.491 e. The maximum Gasteiger partial charge on any atom is 0.333 e. The van der Waals surface area contributed by atoms with Crippen LogP contribution >= 0.6 is 0 Å². The highest BCUT2D eigenvalue weighted by molar-refractivity contribution is 5.86. The van der Waals surface area contributed by atoms with Gasteiger partial charge in [0.2, 0.25) is 0 Å². The third-order valence-electron chi connectivity index (χ3n) is 5.28. The fourth-order valence-electron chi connectivity index (χ4n) is 3.10. The molecule has 6 nitrogen and oxygen atoms in total. The summed E-state index contributed by atoms with van der Waals surface area (Å²) in [6, 6.07) is 16.6. The Labute approximate surface area is 197 Å². The van der Waals surface area contributed by atoms with Crippen LogP contribution in [0.4, 0.5) is 0 Å². The second-order valence-electron chi connectivity index (χ2n) is 8.58. The molecule has 2 rings (SSSR count). The van der Waals surface area contributed by atoms with Crippen molar-refractivity contribution in [3.8, 4) is 5.75 Å². The zero-order valence-electron chi connectivity index (χ0n) is 20.1. The van der Waals surface area contributed by atoms with Crippen molar-refractivity contribution in [2.24, 2.45) is 0 Å². The van der Waals surface area contributed by atoms with Gasteiger partial charge in [0.05, 0.1) is 26.4 Å². The van der Waals surface area contributed by atoms with Crippen molar-refractivity contribution in [3.63, 3.8) is 0 Å². The van der Waals surface area contributed by atoms with E-state index in [-0.39, 0.29) is 31.8 Å². The van der Waals surface area contributed by atoms with E-state index in [2.05, 4.69) is 63.7 Å². The third kappa shape index (κ3) is 9.00. The maximum atomic E-state index is 11.2. The fourth-order valence-corrected chi connectivity index (χ4v) is 3.10. The van der Waals surface area contributed by atoms with Crippen molar-refractivity contribution in [1.82, 2.24) is 0 Å². The van der Waals surface area contributed by atoms with E-state index in [1.807, 2.05) is 12.1 Å². The summed E-state index contributed by atoms with van der Waals surface area (Å²) in [5.41, 5.74) is 3.93. The van der Waals surface area contributed by atoms with Crippen LogP contribution in [-0.4, -0.2) is 56.8 Å². The van der Waals surface area contributed by atoms with E-state index in [1.165, 1.54) is 16.7 Å². The van der Waals surface area contributed by atoms with Gasteiger partial charge in [0, 0.05) is 11.0 Å². The van der Waals surface area contributed by atoms with Crippen LogP contribution in [0.3, 0.4) is 0 Å². The molecule has 1 unspecified atom stereocenters. The van der Waals surface area contributed by atoms with Crippen molar-refractivity contribution in [3.05, 3.63) is 77.4 Å². The number of ether oxygens (including phenoxy) is 4. The summed E-state index contributed by atoms with van der Waals surface area (Å²) in [6.45, 7) is 13.0. The summed E-state index contributed by atoms with van der Waals surface area (Å²) in [6.07, 6.45) is -0.745. The number of carbonyl (C=O) groups is 1. The summed E-state index contributed by atoms with van der Waals surface area (Å²) >= 11 is 0. The van der Waals surface area contributed by atoms with Crippen LogP contribution < -0.4 is 4.74 Å². The lowest BCUT2D eigenvalue weighted by Gasteiger charge is -2.26. The number of benzene rings is 2. The molecule has 0 aliphatic heterocycles. The quantitative estimate of drug-likeness (QED) is 0.261. The van der Waals surface area contributed by atoms with Gasteiger partial charge in [-0.05, 0) is 37.1 Å². The lowest BCUT2D eigenvalue weighted by atomic mass is 9.78. The molecule has 0 aliphatic carbocycles. The second kappa shape index (κ2) is 13.1. The molecule has 0 spiro atoms. The van der Waals surface area contributed by atoms with Gasteiger partial charge in [-0.2, -0.15) is 0 Å². The minimum Gasteiger partial charge on any atom is -0.491 e. The Morgan fingerprint density at radius 2 is 1.45 bits per heavy atom. The number of hydrogen-bond donors (Lipinski definition) is 1. The summed E-state index contributed by atoms with van der Waals surface area (Å²) in [7, 11) is 0. The minimum absolute atomic E-state index is 0.117. The Bertz CT molecular complexity index is 870. The number of rotatable bonds is 14. The van der Waals surface area contributed by atoms with E-state index in [1.54, 1.807) is 6.92 Å². The van der Waals surface area contributed by atoms with Gasteiger partial charge in [-0.25, -0.2) is 4.79 Å². The SMILES string of the molecule is C=C(C)C(=O)OCCOCCOCC(O)COc1ccc(C(C)(C)c2ccc(C)cc2)cc1. The highest BCUT2D eigenvalue weighted by Crippen LogP contribution is 2.32. The molecule has 180 valence electrons. The molecular weight excluding hydrogens is 420 g/mol. The molecule has 0 aliphatic rings. The number of esters is 1. The second-order valence-corrected chi connectivity index (χ2v) is 8.58. The molecule has 0 saturated heterocycles. The van der Waals surface area contributed by atoms with Gasteiger partial charge in [-0.15, -0.1) is 0 Å². The van der Waals surface area contributed by atoms with Crippen molar-refractivity contribution in [2.45, 2.75) is 39.2 Å². The van der Waals surface area contributed by atoms with Gasteiger partial charge < -0.3 is 24.1 Å². The molecule has 33 heavy (non-hydrogen) atoms. The molecule has 0 heterocycles. The molecule has 1 atom stereocenters. The van der Waals surface area contributed by atoms with Crippen LogP contribution in [0, 0.1) is 6.92 Å². The van der Waals surface area contributed by atoms with E-state index in [0.717, 1.165) is 0 Å². The normalized spacial score (nSPS) is 12.3. The number of hydrogen-bond acceptors (Lipinski definition) is 6. The monoisotopic (exact) mass is 456 g/mol. The molecule has 0 bridgehead atoms. The number of aryl methyl sites for hydroxylation is 1. The molecule has 0 saturated carbocycles. The highest BCUT2D eigenvalue weighted by atomic mass is 16.6. The first-order chi connectivity index (χ1) is 15.7. The summed E-state index contributed by atoms with van der Waals surface area (Å²) < 4.78 is 21.3. The van der Waals surface area contributed by atoms with Crippen molar-refractivity contribution in [2.75, 3.05) is 39.6 Å². The molecule has 2 aromatic carbocycles. The topological polar surface area (TPSA) is 74.2 Å². The van der Waals surface area contributed by atoms with E-state index >= 15 is 0 Å². The molecule has 0 amide bonds. The highest BCUT2D eigenvalue weighted by Gasteiger charge is 2.22. The van der Waals surface area contributed by atoms with Gasteiger partial charge in [0.25, 0.3) is 0 Å². The van der Waals surface area contributed by atoms with Crippen LogP contribution in [-0.2, 0) is 24.4 Å². The zero-order valence-corrected chi connectivity index (χ0v) is 20.1. The predicted molar refractivity (Wildman–Crippen MR) is 129 cm³/mol. The molecule has 0 fully saturated rings. The maximum absolute atomic E-state index is 11.2. The van der Waals surface area contributed by atoms with E-state index in [9.17, 15) is 9.90 Å². The van der Waals surface area contributed by atoms with E-state index in [0.29, 0.717) is 24.5 Å².